The van der Waals surface area contributed by atoms with E-state index in [4.69, 9.17) is 8.83 Å². The molecule has 4 nitrogen and oxygen atoms in total. The Kier molecular flexibility index (Phi) is 7.32. The van der Waals surface area contributed by atoms with Gasteiger partial charge in [0, 0.05) is 5.30 Å². The molecule has 0 saturated carbocycles. The summed E-state index contributed by atoms with van der Waals surface area (Å²) in [4.78, 5) is 19.4. The number of hydrogen-bond acceptors (Lipinski definition) is 4. The second-order valence-corrected chi connectivity index (χ2v) is 5.71. The van der Waals surface area contributed by atoms with Gasteiger partial charge in [0.05, 0.1) is 0 Å². The lowest BCUT2D eigenvalue weighted by Crippen LogP contribution is -2.01. The van der Waals surface area contributed by atoms with Crippen molar-refractivity contribution in [2.75, 3.05) is 0 Å². The van der Waals surface area contributed by atoms with Crippen LogP contribution in [-0.4, -0.2) is 9.79 Å². The van der Waals surface area contributed by atoms with Crippen molar-refractivity contribution in [2.24, 2.45) is 0 Å². The summed E-state index contributed by atoms with van der Waals surface area (Å²) in [6.45, 7) is 0. The van der Waals surface area contributed by atoms with Gasteiger partial charge in [0.15, 0.2) is 0 Å². The molecule has 0 aromatic heterocycles. The molecule has 0 aliphatic heterocycles. The highest BCUT2D eigenvalue weighted by Crippen LogP contribution is 2.48. The van der Waals surface area contributed by atoms with Crippen LogP contribution in [0, 0.1) is 0 Å². The SMILES string of the molecule is OP(Oc1ccccc1)OP(O)c1ccccc1.S. The Bertz CT molecular complexity index is 472. The molecule has 0 amide bonds. The topological polar surface area (TPSA) is 58.9 Å². The molecule has 2 rings (SSSR count). The molecule has 2 aromatic rings. The molecule has 0 heterocycles. The first-order chi connectivity index (χ1) is 8.75. The van der Waals surface area contributed by atoms with E-state index in [9.17, 15) is 9.79 Å². The van der Waals surface area contributed by atoms with Crippen LogP contribution >= 0.6 is 30.5 Å². The lowest BCUT2D eigenvalue weighted by Gasteiger charge is -2.15. The molecule has 0 saturated heterocycles. The van der Waals surface area contributed by atoms with Crippen molar-refractivity contribution in [3.63, 3.8) is 0 Å². The fourth-order valence-electron chi connectivity index (χ4n) is 1.26. The molecule has 0 fully saturated rings. The molecule has 2 unspecified atom stereocenters. The molecule has 0 spiro atoms. The third-order valence-corrected chi connectivity index (χ3v) is 4.34. The Morgan fingerprint density at radius 2 is 1.32 bits per heavy atom. The van der Waals surface area contributed by atoms with Gasteiger partial charge in [0.25, 0.3) is 0 Å². The first-order valence-corrected chi connectivity index (χ1v) is 7.54. The first kappa shape index (κ1) is 16.4. The van der Waals surface area contributed by atoms with Crippen LogP contribution in [0.25, 0.3) is 0 Å². The maximum Gasteiger partial charge on any atom is 0.400 e. The smallest absolute Gasteiger partial charge is 0.400 e. The highest BCUT2D eigenvalue weighted by molar-refractivity contribution is 7.63. The number of hydrogen-bond donors (Lipinski definition) is 2. The highest BCUT2D eigenvalue weighted by atomic mass is 32.1. The Hall–Kier alpha value is -0.670. The molecule has 2 N–H and O–H groups in total. The van der Waals surface area contributed by atoms with Gasteiger partial charge >= 0.3 is 8.60 Å². The van der Waals surface area contributed by atoms with Gasteiger partial charge in [-0.3, -0.25) is 0 Å². The Balaban J connectivity index is 0.00000180. The molecule has 2 atom stereocenters. The van der Waals surface area contributed by atoms with E-state index in [1.807, 2.05) is 12.1 Å². The van der Waals surface area contributed by atoms with Gasteiger partial charge in [0.2, 0.25) is 8.38 Å². The quantitative estimate of drug-likeness (QED) is 0.833. The molecule has 7 heteroatoms. The first-order valence-electron chi connectivity index (χ1n) is 5.20. The highest BCUT2D eigenvalue weighted by Gasteiger charge is 2.18. The lowest BCUT2D eigenvalue weighted by atomic mass is 10.3. The van der Waals surface area contributed by atoms with Crippen LogP contribution in [0.3, 0.4) is 0 Å². The Labute approximate surface area is 121 Å². The largest absolute Gasteiger partial charge is 0.427 e. The van der Waals surface area contributed by atoms with E-state index < -0.39 is 17.0 Å². The summed E-state index contributed by atoms with van der Waals surface area (Å²) in [6, 6.07) is 17.7. The summed E-state index contributed by atoms with van der Waals surface area (Å²) in [5, 5.41) is 0.630. The van der Waals surface area contributed by atoms with E-state index in [1.165, 1.54) is 0 Å². The zero-order valence-corrected chi connectivity index (χ0v) is 12.7. The second kappa shape index (κ2) is 8.49. The molecule has 0 aliphatic carbocycles. The summed E-state index contributed by atoms with van der Waals surface area (Å²) < 4.78 is 10.2. The van der Waals surface area contributed by atoms with Crippen LogP contribution in [0.4, 0.5) is 0 Å². The van der Waals surface area contributed by atoms with Gasteiger partial charge in [-0.25, -0.2) is 4.31 Å². The summed E-state index contributed by atoms with van der Waals surface area (Å²) in [7, 11) is -4.00. The number of benzene rings is 2. The summed E-state index contributed by atoms with van der Waals surface area (Å²) in [5.74, 6) is 0.502. The molecule has 0 radical (unpaired) electrons. The van der Waals surface area contributed by atoms with Gasteiger partial charge in [-0.1, -0.05) is 36.4 Å². The van der Waals surface area contributed by atoms with E-state index in [1.54, 1.807) is 48.5 Å². The fraction of sp³-hybridized carbons (Fsp3) is 0. The number of rotatable bonds is 5. The summed E-state index contributed by atoms with van der Waals surface area (Å²) in [6.07, 6.45) is 0. The molecule has 0 aliphatic rings. The van der Waals surface area contributed by atoms with Crippen molar-refractivity contribution in [3.05, 3.63) is 60.7 Å². The Morgan fingerprint density at radius 3 is 1.89 bits per heavy atom. The number of para-hydroxylation sites is 1. The zero-order chi connectivity index (χ0) is 12.8. The van der Waals surface area contributed by atoms with Crippen molar-refractivity contribution >= 4 is 35.8 Å². The van der Waals surface area contributed by atoms with Gasteiger partial charge in [-0.2, -0.15) is 13.5 Å². The van der Waals surface area contributed by atoms with E-state index >= 15 is 0 Å². The van der Waals surface area contributed by atoms with Crippen LogP contribution in [0.15, 0.2) is 60.7 Å². The molecule has 0 bridgehead atoms. The average molecular weight is 316 g/mol. The average Bonchev–Trinajstić information content (AvgIpc) is 2.40. The third-order valence-electron chi connectivity index (χ3n) is 2.05. The minimum Gasteiger partial charge on any atom is -0.427 e. The van der Waals surface area contributed by atoms with E-state index in [-0.39, 0.29) is 13.5 Å². The second-order valence-electron chi connectivity index (χ2n) is 3.33. The van der Waals surface area contributed by atoms with E-state index in [2.05, 4.69) is 0 Å². The van der Waals surface area contributed by atoms with Crippen LogP contribution < -0.4 is 9.83 Å². The van der Waals surface area contributed by atoms with E-state index in [0.717, 1.165) is 0 Å². The minimum atomic E-state index is -2.14. The monoisotopic (exact) mass is 316 g/mol. The summed E-state index contributed by atoms with van der Waals surface area (Å²) >= 11 is 0. The predicted octanol–water partition coefficient (Wildman–Crippen LogP) is 3.04. The van der Waals surface area contributed by atoms with Crippen molar-refractivity contribution in [3.8, 4) is 5.75 Å². The van der Waals surface area contributed by atoms with Gasteiger partial charge < -0.3 is 14.3 Å². The van der Waals surface area contributed by atoms with Gasteiger partial charge in [-0.05, 0) is 24.3 Å². The van der Waals surface area contributed by atoms with Gasteiger partial charge in [-0.15, -0.1) is 0 Å². The van der Waals surface area contributed by atoms with Crippen molar-refractivity contribution in [2.45, 2.75) is 0 Å². The van der Waals surface area contributed by atoms with Crippen molar-refractivity contribution < 1.29 is 18.6 Å². The predicted molar refractivity (Wildman–Crippen MR) is 82.9 cm³/mol. The van der Waals surface area contributed by atoms with Crippen LogP contribution in [-0.2, 0) is 4.31 Å². The molecule has 2 aromatic carbocycles. The molecular formula is C12H14O4P2S. The maximum atomic E-state index is 9.79. The van der Waals surface area contributed by atoms with Crippen LogP contribution in [0.2, 0.25) is 0 Å². The fourth-order valence-corrected chi connectivity index (χ4v) is 3.03. The van der Waals surface area contributed by atoms with Crippen LogP contribution in [0.1, 0.15) is 0 Å². The molecule has 102 valence electrons. The normalized spacial score (nSPS) is 13.2. The lowest BCUT2D eigenvalue weighted by molar-refractivity contribution is 0.379. The maximum absolute atomic E-state index is 9.79. The molecule has 19 heavy (non-hydrogen) atoms. The van der Waals surface area contributed by atoms with Gasteiger partial charge in [0.1, 0.15) is 5.75 Å². The summed E-state index contributed by atoms with van der Waals surface area (Å²) in [5.41, 5.74) is 0. The standard InChI is InChI=1S/C12H12O4P2.H2S/c13-17(12-9-5-2-6-10-12)16-18(14)15-11-7-3-1-4-8-11;/h1-10,13-14H;1H2. The zero-order valence-electron chi connectivity index (χ0n) is 9.88. The van der Waals surface area contributed by atoms with Crippen molar-refractivity contribution in [1.82, 2.24) is 0 Å². The van der Waals surface area contributed by atoms with Crippen LogP contribution in [0.5, 0.6) is 5.75 Å². The van der Waals surface area contributed by atoms with Crippen molar-refractivity contribution in [1.29, 1.82) is 0 Å². The van der Waals surface area contributed by atoms with E-state index in [0.29, 0.717) is 11.1 Å². The Morgan fingerprint density at radius 1 is 0.789 bits per heavy atom. The third kappa shape index (κ3) is 5.45. The molecular weight excluding hydrogens is 302 g/mol. The minimum absolute atomic E-state index is 0.